The summed E-state index contributed by atoms with van der Waals surface area (Å²) >= 11 is 0. The highest BCUT2D eigenvalue weighted by Crippen LogP contribution is 2.20. The second-order valence-corrected chi connectivity index (χ2v) is 5.88. The van der Waals surface area contributed by atoms with E-state index in [0.29, 0.717) is 19.1 Å². The second-order valence-electron chi connectivity index (χ2n) is 5.88. The third kappa shape index (κ3) is 4.60. The number of ether oxygens (including phenoxy) is 1. The lowest BCUT2D eigenvalue weighted by Crippen LogP contribution is -2.45. The lowest BCUT2D eigenvalue weighted by molar-refractivity contribution is 0.0570. The topological polar surface area (TPSA) is 50.4 Å². The Bertz CT molecular complexity index is 539. The van der Waals surface area contributed by atoms with Crippen LogP contribution >= 0.6 is 0 Å². The van der Waals surface area contributed by atoms with Gasteiger partial charge in [-0.25, -0.2) is 18.0 Å². The smallest absolute Gasteiger partial charge is 0.315 e. The third-order valence-electron chi connectivity index (χ3n) is 4.19. The van der Waals surface area contributed by atoms with Crippen molar-refractivity contribution < 1.29 is 22.7 Å². The molecular formula is C16H21F3N2O2. The highest BCUT2D eigenvalue weighted by Gasteiger charge is 2.23. The summed E-state index contributed by atoms with van der Waals surface area (Å²) in [4.78, 5) is 12.0. The van der Waals surface area contributed by atoms with Crippen LogP contribution in [-0.4, -0.2) is 25.3 Å². The summed E-state index contributed by atoms with van der Waals surface area (Å²) in [7, 11) is 0. The highest BCUT2D eigenvalue weighted by atomic mass is 19.2. The molecule has 1 heterocycles. The van der Waals surface area contributed by atoms with E-state index in [1.807, 2.05) is 6.92 Å². The second kappa shape index (κ2) is 7.68. The SMILES string of the molecule is C[C@H](NC(=O)N[C@H](C)c1cc(F)c(F)c(F)c1)C1CCOCC1. The molecule has 4 nitrogen and oxygen atoms in total. The molecular weight excluding hydrogens is 309 g/mol. The van der Waals surface area contributed by atoms with E-state index < -0.39 is 29.5 Å². The first kappa shape index (κ1) is 17.6. The zero-order valence-electron chi connectivity index (χ0n) is 13.2. The number of rotatable bonds is 4. The minimum atomic E-state index is -1.52. The summed E-state index contributed by atoms with van der Waals surface area (Å²) < 4.78 is 44.7. The van der Waals surface area contributed by atoms with E-state index in [-0.39, 0.29) is 11.6 Å². The molecule has 0 radical (unpaired) electrons. The quantitative estimate of drug-likeness (QED) is 0.833. The van der Waals surface area contributed by atoms with E-state index in [1.54, 1.807) is 6.92 Å². The van der Waals surface area contributed by atoms with E-state index in [9.17, 15) is 18.0 Å². The van der Waals surface area contributed by atoms with Gasteiger partial charge in [0.2, 0.25) is 0 Å². The molecule has 2 rings (SSSR count). The number of carbonyl (C=O) groups excluding carboxylic acids is 1. The average Bonchev–Trinajstić information content (AvgIpc) is 2.52. The van der Waals surface area contributed by atoms with Crippen LogP contribution in [0, 0.1) is 23.4 Å². The fourth-order valence-corrected chi connectivity index (χ4v) is 2.69. The lowest BCUT2D eigenvalue weighted by atomic mass is 9.93. The summed E-state index contributed by atoms with van der Waals surface area (Å²) in [6.45, 7) is 4.86. The molecule has 0 saturated carbocycles. The monoisotopic (exact) mass is 330 g/mol. The van der Waals surface area contributed by atoms with Crippen LogP contribution in [0.5, 0.6) is 0 Å². The van der Waals surface area contributed by atoms with Gasteiger partial charge < -0.3 is 15.4 Å². The fraction of sp³-hybridized carbons (Fsp3) is 0.562. The van der Waals surface area contributed by atoms with Gasteiger partial charge in [-0.15, -0.1) is 0 Å². The number of urea groups is 1. The van der Waals surface area contributed by atoms with Gasteiger partial charge in [0.15, 0.2) is 17.5 Å². The van der Waals surface area contributed by atoms with Gasteiger partial charge in [0.1, 0.15) is 0 Å². The van der Waals surface area contributed by atoms with Gasteiger partial charge in [-0.1, -0.05) is 0 Å². The number of nitrogens with one attached hydrogen (secondary N) is 2. The first-order valence-corrected chi connectivity index (χ1v) is 7.67. The summed E-state index contributed by atoms with van der Waals surface area (Å²) in [5, 5.41) is 5.43. The van der Waals surface area contributed by atoms with Crippen molar-refractivity contribution in [3.8, 4) is 0 Å². The first-order chi connectivity index (χ1) is 10.9. The number of benzene rings is 1. The molecule has 2 N–H and O–H groups in total. The summed E-state index contributed by atoms with van der Waals surface area (Å²) in [6.07, 6.45) is 1.76. The van der Waals surface area contributed by atoms with Crippen molar-refractivity contribution in [1.82, 2.24) is 10.6 Å². The molecule has 1 saturated heterocycles. The number of halogens is 3. The Morgan fingerprint density at radius 2 is 1.70 bits per heavy atom. The Morgan fingerprint density at radius 3 is 2.26 bits per heavy atom. The Kier molecular flexibility index (Phi) is 5.87. The fourth-order valence-electron chi connectivity index (χ4n) is 2.69. The van der Waals surface area contributed by atoms with Crippen LogP contribution < -0.4 is 10.6 Å². The normalized spacial score (nSPS) is 18.3. The van der Waals surface area contributed by atoms with Crippen molar-refractivity contribution in [1.29, 1.82) is 0 Å². The predicted octanol–water partition coefficient (Wildman–Crippen LogP) is 3.28. The van der Waals surface area contributed by atoms with Gasteiger partial charge in [-0.3, -0.25) is 0 Å². The number of amides is 2. The molecule has 23 heavy (non-hydrogen) atoms. The molecule has 1 fully saturated rings. The van der Waals surface area contributed by atoms with Gasteiger partial charge >= 0.3 is 6.03 Å². The molecule has 1 aromatic rings. The maximum atomic E-state index is 13.2. The van der Waals surface area contributed by atoms with Crippen molar-refractivity contribution in [2.24, 2.45) is 5.92 Å². The highest BCUT2D eigenvalue weighted by molar-refractivity contribution is 5.74. The zero-order chi connectivity index (χ0) is 17.0. The molecule has 0 spiro atoms. The van der Waals surface area contributed by atoms with E-state index in [2.05, 4.69) is 10.6 Å². The molecule has 0 bridgehead atoms. The molecule has 2 atom stereocenters. The van der Waals surface area contributed by atoms with Crippen molar-refractivity contribution in [2.45, 2.75) is 38.8 Å². The van der Waals surface area contributed by atoms with Crippen molar-refractivity contribution in [3.05, 3.63) is 35.1 Å². The van der Waals surface area contributed by atoms with Crippen LogP contribution in [0.1, 0.15) is 38.3 Å². The molecule has 0 aromatic heterocycles. The average molecular weight is 330 g/mol. The molecule has 128 valence electrons. The van der Waals surface area contributed by atoms with Gasteiger partial charge in [0.05, 0.1) is 6.04 Å². The van der Waals surface area contributed by atoms with E-state index in [4.69, 9.17) is 4.74 Å². The molecule has 2 amide bonds. The minimum absolute atomic E-state index is 0.0345. The number of hydrogen-bond acceptors (Lipinski definition) is 2. The van der Waals surface area contributed by atoms with Crippen LogP contribution in [0.15, 0.2) is 12.1 Å². The summed E-state index contributed by atoms with van der Waals surface area (Å²) in [5.74, 6) is -3.72. The maximum absolute atomic E-state index is 13.2. The third-order valence-corrected chi connectivity index (χ3v) is 4.19. The summed E-state index contributed by atoms with van der Waals surface area (Å²) in [6, 6.07) is 0.646. The van der Waals surface area contributed by atoms with Crippen molar-refractivity contribution in [2.75, 3.05) is 13.2 Å². The van der Waals surface area contributed by atoms with Crippen LogP contribution in [0.4, 0.5) is 18.0 Å². The molecule has 0 aliphatic carbocycles. The van der Waals surface area contributed by atoms with Gasteiger partial charge in [-0.2, -0.15) is 0 Å². The Morgan fingerprint density at radius 1 is 1.13 bits per heavy atom. The molecule has 1 aromatic carbocycles. The van der Waals surface area contributed by atoms with E-state index >= 15 is 0 Å². The van der Waals surface area contributed by atoms with Crippen molar-refractivity contribution >= 4 is 6.03 Å². The first-order valence-electron chi connectivity index (χ1n) is 7.67. The lowest BCUT2D eigenvalue weighted by Gasteiger charge is -2.29. The maximum Gasteiger partial charge on any atom is 0.315 e. The van der Waals surface area contributed by atoms with Crippen LogP contribution in [0.25, 0.3) is 0 Å². The predicted molar refractivity (Wildman–Crippen MR) is 79.4 cm³/mol. The summed E-state index contributed by atoms with van der Waals surface area (Å²) in [5.41, 5.74) is 0.162. The van der Waals surface area contributed by atoms with Crippen LogP contribution in [-0.2, 0) is 4.74 Å². The number of carbonyl (C=O) groups is 1. The molecule has 0 unspecified atom stereocenters. The van der Waals surface area contributed by atoms with E-state index in [1.165, 1.54) is 0 Å². The largest absolute Gasteiger partial charge is 0.381 e. The molecule has 1 aliphatic rings. The Hall–Kier alpha value is -1.76. The van der Waals surface area contributed by atoms with Crippen LogP contribution in [0.2, 0.25) is 0 Å². The Balaban J connectivity index is 1.91. The van der Waals surface area contributed by atoms with Gasteiger partial charge in [-0.05, 0) is 50.3 Å². The minimum Gasteiger partial charge on any atom is -0.381 e. The van der Waals surface area contributed by atoms with Gasteiger partial charge in [0, 0.05) is 19.3 Å². The van der Waals surface area contributed by atoms with E-state index in [0.717, 1.165) is 25.0 Å². The zero-order valence-corrected chi connectivity index (χ0v) is 13.2. The molecule has 7 heteroatoms. The van der Waals surface area contributed by atoms with Gasteiger partial charge in [0.25, 0.3) is 0 Å². The van der Waals surface area contributed by atoms with Crippen molar-refractivity contribution in [3.63, 3.8) is 0 Å². The Labute approximate surface area is 133 Å². The molecule has 1 aliphatic heterocycles. The standard InChI is InChI=1S/C16H21F3N2O2/c1-9(11-3-5-23-6-4-11)20-16(22)21-10(2)12-7-13(17)15(19)14(18)8-12/h7-11H,3-6H2,1-2H3,(H2,20,21,22)/t9-,10+/m0/s1. The van der Waals surface area contributed by atoms with Crippen LogP contribution in [0.3, 0.4) is 0 Å². The number of hydrogen-bond donors (Lipinski definition) is 2.